The Morgan fingerprint density at radius 3 is 2.80 bits per heavy atom. The molecule has 5 heteroatoms. The Balaban J connectivity index is 2.55. The molecule has 118 valence electrons. The van der Waals surface area contributed by atoms with E-state index in [1.165, 1.54) is 7.11 Å². The second kappa shape index (κ2) is 8.60. The molecule has 0 saturated heterocycles. The van der Waals surface area contributed by atoms with Gasteiger partial charge in [-0.1, -0.05) is 13.3 Å². The number of likely N-dealkylation sites (N-methyl/N-ethyl adjacent to an activating group) is 1. The third kappa shape index (κ3) is 4.17. The van der Waals surface area contributed by atoms with Gasteiger partial charge in [-0.3, -0.25) is 4.79 Å². The summed E-state index contributed by atoms with van der Waals surface area (Å²) in [6.45, 7) is 6.04. The zero-order chi connectivity index (χ0) is 15.0. The van der Waals surface area contributed by atoms with Gasteiger partial charge >= 0.3 is 5.97 Å². The summed E-state index contributed by atoms with van der Waals surface area (Å²) in [5.74, 6) is 0.149. The molecule has 0 aliphatic heterocycles. The van der Waals surface area contributed by atoms with Crippen molar-refractivity contribution in [3.63, 3.8) is 0 Å². The highest BCUT2D eigenvalue weighted by atomic mass is 16.5. The number of carbonyl (C=O) groups excluding carboxylic acids is 1. The normalized spacial score (nSPS) is 27.5. The van der Waals surface area contributed by atoms with Gasteiger partial charge in [0.05, 0.1) is 19.8 Å². The molecule has 1 rings (SSSR count). The lowest BCUT2D eigenvalue weighted by Gasteiger charge is -2.33. The lowest BCUT2D eigenvalue weighted by molar-refractivity contribution is -0.150. The summed E-state index contributed by atoms with van der Waals surface area (Å²) >= 11 is 0. The molecule has 1 fully saturated rings. The molecule has 0 radical (unpaired) electrons. The fourth-order valence-corrected chi connectivity index (χ4v) is 3.23. The molecular weight excluding hydrogens is 258 g/mol. The van der Waals surface area contributed by atoms with Gasteiger partial charge < -0.3 is 19.5 Å². The molecule has 3 unspecified atom stereocenters. The molecule has 3 atom stereocenters. The molecule has 0 aromatic rings. The Morgan fingerprint density at radius 1 is 1.45 bits per heavy atom. The van der Waals surface area contributed by atoms with Crippen molar-refractivity contribution in [1.82, 2.24) is 5.32 Å². The fourth-order valence-electron chi connectivity index (χ4n) is 3.23. The van der Waals surface area contributed by atoms with Gasteiger partial charge in [0.25, 0.3) is 0 Å². The molecular formula is C15H29NO4. The van der Waals surface area contributed by atoms with Crippen LogP contribution in [-0.2, 0) is 19.0 Å². The van der Waals surface area contributed by atoms with Crippen molar-refractivity contribution < 1.29 is 19.0 Å². The van der Waals surface area contributed by atoms with E-state index in [4.69, 9.17) is 14.2 Å². The number of methoxy groups -OCH3 is 2. The topological polar surface area (TPSA) is 56.8 Å². The Hall–Kier alpha value is -0.650. The molecule has 0 aromatic heterocycles. The van der Waals surface area contributed by atoms with E-state index >= 15 is 0 Å². The minimum absolute atomic E-state index is 0.0908. The van der Waals surface area contributed by atoms with Crippen LogP contribution >= 0.6 is 0 Å². The zero-order valence-electron chi connectivity index (χ0n) is 13.2. The van der Waals surface area contributed by atoms with Crippen LogP contribution in [0.1, 0.15) is 39.5 Å². The predicted molar refractivity (Wildman–Crippen MR) is 77.7 cm³/mol. The van der Waals surface area contributed by atoms with Crippen LogP contribution in [0.3, 0.4) is 0 Å². The van der Waals surface area contributed by atoms with Gasteiger partial charge in [-0.15, -0.1) is 0 Å². The maximum Gasteiger partial charge on any atom is 0.326 e. The van der Waals surface area contributed by atoms with Crippen LogP contribution in [0.4, 0.5) is 0 Å². The maximum atomic E-state index is 12.2. The van der Waals surface area contributed by atoms with Gasteiger partial charge in [-0.2, -0.15) is 0 Å². The fraction of sp³-hybridized carbons (Fsp3) is 0.933. The van der Waals surface area contributed by atoms with E-state index in [0.29, 0.717) is 13.2 Å². The van der Waals surface area contributed by atoms with E-state index in [1.54, 1.807) is 7.11 Å². The molecule has 0 heterocycles. The summed E-state index contributed by atoms with van der Waals surface area (Å²) in [6, 6.07) is 0. The van der Waals surface area contributed by atoms with Crippen molar-refractivity contribution >= 4 is 5.97 Å². The number of rotatable bonds is 9. The summed E-state index contributed by atoms with van der Waals surface area (Å²) in [4.78, 5) is 12.2. The highest BCUT2D eigenvalue weighted by molar-refractivity contribution is 5.81. The first-order valence-electron chi connectivity index (χ1n) is 7.54. The lowest BCUT2D eigenvalue weighted by atomic mass is 9.84. The smallest absolute Gasteiger partial charge is 0.326 e. The minimum atomic E-state index is -0.517. The molecule has 1 saturated carbocycles. The predicted octanol–water partition coefficient (Wildman–Crippen LogP) is 1.75. The highest BCUT2D eigenvalue weighted by Crippen LogP contribution is 2.39. The lowest BCUT2D eigenvalue weighted by Crippen LogP contribution is -2.55. The average Bonchev–Trinajstić information content (AvgIpc) is 2.83. The zero-order valence-corrected chi connectivity index (χ0v) is 13.2. The molecule has 0 spiro atoms. The van der Waals surface area contributed by atoms with Gasteiger partial charge in [-0.25, -0.2) is 0 Å². The van der Waals surface area contributed by atoms with Gasteiger partial charge in [0, 0.05) is 13.7 Å². The summed E-state index contributed by atoms with van der Waals surface area (Å²) < 4.78 is 15.8. The Morgan fingerprint density at radius 2 is 2.20 bits per heavy atom. The molecule has 1 aliphatic rings. The van der Waals surface area contributed by atoms with Crippen LogP contribution in [0.5, 0.6) is 0 Å². The number of esters is 1. The highest BCUT2D eigenvalue weighted by Gasteiger charge is 2.48. The van der Waals surface area contributed by atoms with Crippen LogP contribution in [0, 0.1) is 5.92 Å². The van der Waals surface area contributed by atoms with Crippen molar-refractivity contribution in [2.24, 2.45) is 5.92 Å². The molecule has 0 bridgehead atoms. The first kappa shape index (κ1) is 17.4. The third-order valence-electron chi connectivity index (χ3n) is 4.13. The van der Waals surface area contributed by atoms with Gasteiger partial charge in [0.15, 0.2) is 0 Å². The van der Waals surface area contributed by atoms with Crippen LogP contribution in [0.15, 0.2) is 0 Å². The molecule has 0 amide bonds. The number of carbonyl (C=O) groups is 1. The Labute approximate surface area is 122 Å². The van der Waals surface area contributed by atoms with Gasteiger partial charge in [-0.05, 0) is 38.6 Å². The SMILES string of the molecule is CCNC1(C(=O)OC)CCCC1CCOC(C)COC. The standard InChI is InChI=1S/C15H29NO4/c1-5-16-15(14(17)19-4)9-6-7-13(15)8-10-20-12(2)11-18-3/h12-13,16H,5-11H2,1-4H3. The summed E-state index contributed by atoms with van der Waals surface area (Å²) in [5, 5.41) is 3.37. The summed E-state index contributed by atoms with van der Waals surface area (Å²) in [5.41, 5.74) is -0.517. The van der Waals surface area contributed by atoms with Crippen LogP contribution in [0.2, 0.25) is 0 Å². The summed E-state index contributed by atoms with van der Waals surface area (Å²) in [6.07, 6.45) is 3.92. The van der Waals surface area contributed by atoms with Crippen molar-refractivity contribution in [2.75, 3.05) is 34.0 Å². The minimum Gasteiger partial charge on any atom is -0.468 e. The largest absolute Gasteiger partial charge is 0.468 e. The van der Waals surface area contributed by atoms with E-state index < -0.39 is 5.54 Å². The number of hydrogen-bond acceptors (Lipinski definition) is 5. The van der Waals surface area contributed by atoms with Gasteiger partial charge in [0.2, 0.25) is 0 Å². The van der Waals surface area contributed by atoms with E-state index in [1.807, 2.05) is 13.8 Å². The first-order valence-corrected chi connectivity index (χ1v) is 7.54. The molecule has 20 heavy (non-hydrogen) atoms. The number of hydrogen-bond donors (Lipinski definition) is 1. The van der Waals surface area contributed by atoms with Gasteiger partial charge in [0.1, 0.15) is 5.54 Å². The van der Waals surface area contributed by atoms with Crippen molar-refractivity contribution in [2.45, 2.75) is 51.2 Å². The molecule has 0 aromatic carbocycles. The average molecular weight is 287 g/mol. The van der Waals surface area contributed by atoms with Crippen molar-refractivity contribution in [3.8, 4) is 0 Å². The number of ether oxygens (including phenoxy) is 3. The van der Waals surface area contributed by atoms with E-state index in [-0.39, 0.29) is 18.0 Å². The van der Waals surface area contributed by atoms with Crippen molar-refractivity contribution in [3.05, 3.63) is 0 Å². The van der Waals surface area contributed by atoms with E-state index in [9.17, 15) is 4.79 Å². The van der Waals surface area contributed by atoms with Crippen LogP contribution in [0.25, 0.3) is 0 Å². The first-order chi connectivity index (χ1) is 9.60. The van der Waals surface area contributed by atoms with E-state index in [2.05, 4.69) is 5.32 Å². The quantitative estimate of drug-likeness (QED) is 0.655. The van der Waals surface area contributed by atoms with Crippen LogP contribution < -0.4 is 5.32 Å². The third-order valence-corrected chi connectivity index (χ3v) is 4.13. The monoisotopic (exact) mass is 287 g/mol. The van der Waals surface area contributed by atoms with Crippen molar-refractivity contribution in [1.29, 1.82) is 0 Å². The Kier molecular flexibility index (Phi) is 7.48. The molecule has 1 N–H and O–H groups in total. The second-order valence-corrected chi connectivity index (χ2v) is 5.51. The number of nitrogens with one attached hydrogen (secondary N) is 1. The second-order valence-electron chi connectivity index (χ2n) is 5.51. The van der Waals surface area contributed by atoms with Crippen LogP contribution in [-0.4, -0.2) is 51.6 Å². The molecule has 1 aliphatic carbocycles. The maximum absolute atomic E-state index is 12.2. The van der Waals surface area contributed by atoms with E-state index in [0.717, 1.165) is 32.2 Å². The Bertz CT molecular complexity index is 298. The summed E-state index contributed by atoms with van der Waals surface area (Å²) in [7, 11) is 3.14. The molecule has 5 nitrogen and oxygen atoms in total.